The minimum atomic E-state index is 0.668. The van der Waals surface area contributed by atoms with Gasteiger partial charge in [0.15, 0.2) is 0 Å². The summed E-state index contributed by atoms with van der Waals surface area (Å²) in [6.07, 6.45) is 3.72. The topological polar surface area (TPSA) is 24.1 Å². The van der Waals surface area contributed by atoms with Crippen LogP contribution in [0.15, 0.2) is 28.7 Å². The van der Waals surface area contributed by atoms with E-state index in [1.807, 2.05) is 0 Å². The van der Waals surface area contributed by atoms with Gasteiger partial charge in [-0.05, 0) is 50.0 Å². The Morgan fingerprint density at radius 3 is 3.12 bits per heavy atom. The van der Waals surface area contributed by atoms with Crippen LogP contribution in [0.4, 0.5) is 0 Å². The van der Waals surface area contributed by atoms with Crippen LogP contribution in [-0.2, 0) is 6.42 Å². The molecule has 2 nitrogen and oxygen atoms in total. The normalized spacial score (nSPS) is 20.9. The number of benzene rings is 1. The number of halogens is 1. The Kier molecular flexibility index (Phi) is 4.82. The lowest BCUT2D eigenvalue weighted by molar-refractivity contribution is 0.392. The lowest BCUT2D eigenvalue weighted by Gasteiger charge is -2.23. The highest BCUT2D eigenvalue weighted by Crippen LogP contribution is 2.11. The number of rotatable bonds is 4. The van der Waals surface area contributed by atoms with E-state index in [4.69, 9.17) is 0 Å². The van der Waals surface area contributed by atoms with E-state index in [9.17, 15) is 0 Å². The molecular formula is C13H19BrN2. The molecule has 1 unspecified atom stereocenters. The van der Waals surface area contributed by atoms with Crippen LogP contribution in [-0.4, -0.2) is 25.7 Å². The molecule has 0 aromatic heterocycles. The minimum Gasteiger partial charge on any atom is -0.315 e. The van der Waals surface area contributed by atoms with E-state index in [0.29, 0.717) is 6.04 Å². The van der Waals surface area contributed by atoms with Crippen LogP contribution in [0.1, 0.15) is 18.4 Å². The third-order valence-corrected chi connectivity index (χ3v) is 3.53. The van der Waals surface area contributed by atoms with Gasteiger partial charge < -0.3 is 10.6 Å². The fourth-order valence-electron chi connectivity index (χ4n) is 2.14. The maximum absolute atomic E-state index is 3.61. The molecule has 1 saturated heterocycles. The standard InChI is InChI=1S/C13H19BrN2/c14-12-4-1-3-11(9-12)6-8-16-13-5-2-7-15-10-13/h1,3-4,9,13,15-16H,2,5-8,10H2. The summed E-state index contributed by atoms with van der Waals surface area (Å²) in [5.74, 6) is 0. The van der Waals surface area contributed by atoms with E-state index in [2.05, 4.69) is 50.8 Å². The SMILES string of the molecule is Brc1cccc(CCNC2CCCNC2)c1. The van der Waals surface area contributed by atoms with Crippen LogP contribution in [0.5, 0.6) is 0 Å². The number of nitrogens with one attached hydrogen (secondary N) is 2. The van der Waals surface area contributed by atoms with E-state index in [1.54, 1.807) is 0 Å². The molecule has 1 atom stereocenters. The van der Waals surface area contributed by atoms with Crippen LogP contribution in [0.3, 0.4) is 0 Å². The van der Waals surface area contributed by atoms with Crippen LogP contribution < -0.4 is 10.6 Å². The third kappa shape index (κ3) is 3.89. The van der Waals surface area contributed by atoms with Gasteiger partial charge in [0.1, 0.15) is 0 Å². The lowest BCUT2D eigenvalue weighted by Crippen LogP contribution is -2.43. The molecule has 0 spiro atoms. The van der Waals surface area contributed by atoms with Crippen LogP contribution in [0.2, 0.25) is 0 Å². The first-order valence-corrected chi connectivity index (χ1v) is 6.82. The van der Waals surface area contributed by atoms with Gasteiger partial charge in [-0.25, -0.2) is 0 Å². The van der Waals surface area contributed by atoms with Gasteiger partial charge in [-0.3, -0.25) is 0 Å². The molecule has 1 aromatic rings. The van der Waals surface area contributed by atoms with Gasteiger partial charge in [-0.2, -0.15) is 0 Å². The second-order valence-corrected chi connectivity index (χ2v) is 5.29. The van der Waals surface area contributed by atoms with Crippen molar-refractivity contribution in [2.24, 2.45) is 0 Å². The van der Waals surface area contributed by atoms with Crippen molar-refractivity contribution in [3.63, 3.8) is 0 Å². The molecule has 1 aliphatic rings. The molecular weight excluding hydrogens is 264 g/mol. The van der Waals surface area contributed by atoms with E-state index in [-0.39, 0.29) is 0 Å². The zero-order valence-electron chi connectivity index (χ0n) is 9.51. The predicted molar refractivity (Wildman–Crippen MR) is 71.7 cm³/mol. The fraction of sp³-hybridized carbons (Fsp3) is 0.538. The van der Waals surface area contributed by atoms with E-state index >= 15 is 0 Å². The van der Waals surface area contributed by atoms with E-state index in [1.165, 1.54) is 29.4 Å². The molecule has 16 heavy (non-hydrogen) atoms. The molecule has 0 radical (unpaired) electrons. The first-order valence-electron chi connectivity index (χ1n) is 6.03. The molecule has 1 aliphatic heterocycles. The summed E-state index contributed by atoms with van der Waals surface area (Å²) in [6, 6.07) is 9.22. The monoisotopic (exact) mass is 282 g/mol. The Hall–Kier alpha value is -0.380. The van der Waals surface area contributed by atoms with Gasteiger partial charge in [0.2, 0.25) is 0 Å². The molecule has 0 amide bonds. The molecule has 1 heterocycles. The zero-order valence-corrected chi connectivity index (χ0v) is 11.1. The summed E-state index contributed by atoms with van der Waals surface area (Å²) < 4.78 is 1.17. The van der Waals surface area contributed by atoms with Gasteiger partial charge in [0, 0.05) is 17.1 Å². The summed E-state index contributed by atoms with van der Waals surface area (Å²) in [4.78, 5) is 0. The summed E-state index contributed by atoms with van der Waals surface area (Å²) in [5.41, 5.74) is 1.39. The number of hydrogen-bond acceptors (Lipinski definition) is 2. The molecule has 3 heteroatoms. The van der Waals surface area contributed by atoms with Crippen molar-refractivity contribution in [2.75, 3.05) is 19.6 Å². The summed E-state index contributed by atoms with van der Waals surface area (Å²) in [5, 5.41) is 7.03. The molecule has 2 N–H and O–H groups in total. The van der Waals surface area contributed by atoms with Crippen LogP contribution >= 0.6 is 15.9 Å². The average Bonchev–Trinajstić information content (AvgIpc) is 2.30. The summed E-state index contributed by atoms with van der Waals surface area (Å²) in [6.45, 7) is 3.38. The van der Waals surface area contributed by atoms with E-state index < -0.39 is 0 Å². The van der Waals surface area contributed by atoms with Crippen molar-refractivity contribution in [1.82, 2.24) is 10.6 Å². The Morgan fingerprint density at radius 1 is 1.44 bits per heavy atom. The minimum absolute atomic E-state index is 0.668. The predicted octanol–water partition coefficient (Wildman–Crippen LogP) is 2.33. The fourth-order valence-corrected chi connectivity index (χ4v) is 2.59. The molecule has 0 aliphatic carbocycles. The maximum Gasteiger partial charge on any atom is 0.0193 e. The molecule has 0 saturated carbocycles. The zero-order chi connectivity index (χ0) is 11.2. The van der Waals surface area contributed by atoms with Crippen molar-refractivity contribution >= 4 is 15.9 Å². The summed E-state index contributed by atoms with van der Waals surface area (Å²) >= 11 is 3.50. The molecule has 1 fully saturated rings. The molecule has 88 valence electrons. The van der Waals surface area contributed by atoms with Crippen molar-refractivity contribution in [1.29, 1.82) is 0 Å². The van der Waals surface area contributed by atoms with Crippen LogP contribution in [0, 0.1) is 0 Å². The average molecular weight is 283 g/mol. The Balaban J connectivity index is 1.71. The van der Waals surface area contributed by atoms with Gasteiger partial charge in [-0.1, -0.05) is 28.1 Å². The maximum atomic E-state index is 3.61. The third-order valence-electron chi connectivity index (χ3n) is 3.03. The lowest BCUT2D eigenvalue weighted by atomic mass is 10.1. The van der Waals surface area contributed by atoms with Gasteiger partial charge in [0.05, 0.1) is 0 Å². The first-order chi connectivity index (χ1) is 7.84. The second-order valence-electron chi connectivity index (χ2n) is 4.38. The smallest absolute Gasteiger partial charge is 0.0193 e. The highest BCUT2D eigenvalue weighted by atomic mass is 79.9. The molecule has 0 bridgehead atoms. The first kappa shape index (κ1) is 12.1. The van der Waals surface area contributed by atoms with Gasteiger partial charge in [-0.15, -0.1) is 0 Å². The highest BCUT2D eigenvalue weighted by Gasteiger charge is 2.11. The quantitative estimate of drug-likeness (QED) is 0.886. The van der Waals surface area contributed by atoms with Crippen molar-refractivity contribution in [3.8, 4) is 0 Å². The summed E-state index contributed by atoms with van der Waals surface area (Å²) in [7, 11) is 0. The van der Waals surface area contributed by atoms with Crippen LogP contribution in [0.25, 0.3) is 0 Å². The Bertz CT molecular complexity index is 321. The molecule has 2 rings (SSSR count). The largest absolute Gasteiger partial charge is 0.315 e. The highest BCUT2D eigenvalue weighted by molar-refractivity contribution is 9.10. The van der Waals surface area contributed by atoms with Gasteiger partial charge in [0.25, 0.3) is 0 Å². The van der Waals surface area contributed by atoms with Gasteiger partial charge >= 0.3 is 0 Å². The van der Waals surface area contributed by atoms with Crippen molar-refractivity contribution in [3.05, 3.63) is 34.3 Å². The molecule has 1 aromatic carbocycles. The number of piperidine rings is 1. The van der Waals surface area contributed by atoms with Crippen molar-refractivity contribution in [2.45, 2.75) is 25.3 Å². The second kappa shape index (κ2) is 6.38. The number of hydrogen-bond donors (Lipinski definition) is 2. The van der Waals surface area contributed by atoms with E-state index in [0.717, 1.165) is 19.5 Å². The Labute approximate surface area is 106 Å². The Morgan fingerprint density at radius 2 is 2.38 bits per heavy atom. The van der Waals surface area contributed by atoms with Crippen molar-refractivity contribution < 1.29 is 0 Å².